The average Bonchev–Trinajstić information content (AvgIpc) is 3.00. The third-order valence-electron chi connectivity index (χ3n) is 4.16. The van der Waals surface area contributed by atoms with Crippen LogP contribution in [-0.4, -0.2) is 40.3 Å². The molecular formula is C16H19N3O3. The van der Waals surface area contributed by atoms with Crippen LogP contribution in [0.4, 0.5) is 10.5 Å². The molecule has 1 aromatic carbocycles. The summed E-state index contributed by atoms with van der Waals surface area (Å²) in [5.41, 5.74) is 0.517. The number of aromatic nitrogens is 1. The first kappa shape index (κ1) is 14.6. The first-order valence-electron chi connectivity index (χ1n) is 7.34. The summed E-state index contributed by atoms with van der Waals surface area (Å²) in [4.78, 5) is 26.0. The Morgan fingerprint density at radius 2 is 2.23 bits per heavy atom. The van der Waals surface area contributed by atoms with E-state index in [-0.39, 0.29) is 24.1 Å². The molecule has 1 fully saturated rings. The first-order valence-corrected chi connectivity index (χ1v) is 7.34. The van der Waals surface area contributed by atoms with Crippen molar-refractivity contribution in [3.8, 4) is 0 Å². The summed E-state index contributed by atoms with van der Waals surface area (Å²) in [7, 11) is 1.70. The summed E-state index contributed by atoms with van der Waals surface area (Å²) in [5, 5.41) is 13.4. The molecule has 2 aromatic rings. The van der Waals surface area contributed by atoms with Crippen molar-refractivity contribution < 1.29 is 9.90 Å². The maximum Gasteiger partial charge on any atom is 0.321 e. The Morgan fingerprint density at radius 1 is 1.41 bits per heavy atom. The lowest BCUT2D eigenvalue weighted by atomic mass is 10.1. The molecule has 116 valence electrons. The van der Waals surface area contributed by atoms with E-state index in [1.165, 1.54) is 4.57 Å². The van der Waals surface area contributed by atoms with Gasteiger partial charge in [0.2, 0.25) is 0 Å². The largest absolute Gasteiger partial charge is 0.396 e. The number of hydrogen-bond donors (Lipinski definition) is 2. The maximum absolute atomic E-state index is 12.2. The highest BCUT2D eigenvalue weighted by atomic mass is 16.3. The van der Waals surface area contributed by atoms with Gasteiger partial charge in [0.05, 0.1) is 0 Å². The van der Waals surface area contributed by atoms with Crippen molar-refractivity contribution in [2.75, 3.05) is 25.0 Å². The number of carbonyl (C=O) groups is 1. The van der Waals surface area contributed by atoms with Gasteiger partial charge >= 0.3 is 6.03 Å². The zero-order valence-electron chi connectivity index (χ0n) is 12.5. The molecule has 2 N–H and O–H groups in total. The van der Waals surface area contributed by atoms with Gasteiger partial charge < -0.3 is 19.9 Å². The molecule has 1 saturated heterocycles. The minimum Gasteiger partial charge on any atom is -0.396 e. The molecule has 1 atom stereocenters. The molecule has 2 heterocycles. The summed E-state index contributed by atoms with van der Waals surface area (Å²) in [6.07, 6.45) is 2.55. The number of nitrogens with one attached hydrogen (secondary N) is 1. The average molecular weight is 301 g/mol. The van der Waals surface area contributed by atoms with E-state index in [4.69, 9.17) is 5.11 Å². The number of likely N-dealkylation sites (tertiary alicyclic amines) is 1. The number of pyridine rings is 1. The molecule has 0 bridgehead atoms. The molecule has 22 heavy (non-hydrogen) atoms. The Bertz CT molecular complexity index is 769. The van der Waals surface area contributed by atoms with Crippen LogP contribution in [0.3, 0.4) is 0 Å². The predicted octanol–water partition coefficient (Wildman–Crippen LogP) is 1.38. The van der Waals surface area contributed by atoms with Gasteiger partial charge in [-0.3, -0.25) is 4.79 Å². The second kappa shape index (κ2) is 5.81. The molecule has 2 amide bonds. The number of aryl methyl sites for hydroxylation is 1. The number of aliphatic hydroxyl groups is 1. The van der Waals surface area contributed by atoms with Crippen LogP contribution in [0, 0.1) is 5.92 Å². The topological polar surface area (TPSA) is 74.6 Å². The van der Waals surface area contributed by atoms with Gasteiger partial charge in [0, 0.05) is 49.9 Å². The molecule has 0 aliphatic carbocycles. The fourth-order valence-corrected chi connectivity index (χ4v) is 2.78. The lowest BCUT2D eigenvalue weighted by Gasteiger charge is -2.17. The molecule has 1 aromatic heterocycles. The fourth-order valence-electron chi connectivity index (χ4n) is 2.78. The van der Waals surface area contributed by atoms with Gasteiger partial charge in [-0.1, -0.05) is 6.07 Å². The SMILES string of the molecule is Cn1ccc2ccc(NC(=O)N3CCC(CO)C3)cc2c1=O. The molecule has 0 radical (unpaired) electrons. The minimum atomic E-state index is -0.192. The van der Waals surface area contributed by atoms with Gasteiger partial charge in [-0.2, -0.15) is 0 Å². The third kappa shape index (κ3) is 2.69. The smallest absolute Gasteiger partial charge is 0.321 e. The normalized spacial score (nSPS) is 17.9. The van der Waals surface area contributed by atoms with Crippen molar-refractivity contribution in [2.24, 2.45) is 13.0 Å². The zero-order valence-corrected chi connectivity index (χ0v) is 12.5. The van der Waals surface area contributed by atoms with Crippen molar-refractivity contribution in [1.29, 1.82) is 0 Å². The molecule has 1 aliphatic rings. The van der Waals surface area contributed by atoms with Crippen molar-refractivity contribution >= 4 is 22.5 Å². The Morgan fingerprint density at radius 3 is 2.95 bits per heavy atom. The van der Waals surface area contributed by atoms with Gasteiger partial charge in [-0.25, -0.2) is 4.79 Å². The van der Waals surface area contributed by atoms with Crippen LogP contribution in [0.1, 0.15) is 6.42 Å². The van der Waals surface area contributed by atoms with E-state index in [2.05, 4.69) is 5.32 Å². The maximum atomic E-state index is 12.2. The number of benzene rings is 1. The Kier molecular flexibility index (Phi) is 3.85. The number of fused-ring (bicyclic) bond motifs is 1. The predicted molar refractivity (Wildman–Crippen MR) is 85.0 cm³/mol. The molecule has 1 unspecified atom stereocenters. The fraction of sp³-hybridized carbons (Fsp3) is 0.375. The Hall–Kier alpha value is -2.34. The van der Waals surface area contributed by atoms with E-state index < -0.39 is 0 Å². The van der Waals surface area contributed by atoms with Crippen LogP contribution in [0.25, 0.3) is 10.8 Å². The highest BCUT2D eigenvalue weighted by Gasteiger charge is 2.25. The van der Waals surface area contributed by atoms with Gasteiger partial charge in [0.15, 0.2) is 0 Å². The van der Waals surface area contributed by atoms with E-state index in [1.807, 2.05) is 12.1 Å². The summed E-state index contributed by atoms with van der Waals surface area (Å²) in [6.45, 7) is 1.32. The number of nitrogens with zero attached hydrogens (tertiary/aromatic N) is 2. The van der Waals surface area contributed by atoms with E-state index >= 15 is 0 Å². The molecule has 0 saturated carbocycles. The summed E-state index contributed by atoms with van der Waals surface area (Å²) in [5.74, 6) is 0.162. The van der Waals surface area contributed by atoms with E-state index in [1.54, 1.807) is 30.3 Å². The van der Waals surface area contributed by atoms with Crippen LogP contribution in [0.15, 0.2) is 35.3 Å². The summed E-state index contributed by atoms with van der Waals surface area (Å²) >= 11 is 0. The molecule has 6 heteroatoms. The number of hydrogen-bond acceptors (Lipinski definition) is 3. The van der Waals surface area contributed by atoms with Crippen molar-refractivity contribution in [2.45, 2.75) is 6.42 Å². The lowest BCUT2D eigenvalue weighted by molar-refractivity contribution is 0.209. The van der Waals surface area contributed by atoms with Crippen LogP contribution < -0.4 is 10.9 Å². The van der Waals surface area contributed by atoms with E-state index in [9.17, 15) is 9.59 Å². The number of rotatable bonds is 2. The number of amides is 2. The van der Waals surface area contributed by atoms with Gasteiger partial charge in [-0.15, -0.1) is 0 Å². The standard InChI is InChI=1S/C16H19N3O3/c1-18-6-5-12-2-3-13(8-14(12)15(18)21)17-16(22)19-7-4-11(9-19)10-20/h2-3,5-6,8,11,20H,4,7,9-10H2,1H3,(H,17,22). The number of carbonyl (C=O) groups excluding carboxylic acids is 1. The zero-order chi connectivity index (χ0) is 15.7. The van der Waals surface area contributed by atoms with Crippen LogP contribution in [-0.2, 0) is 7.05 Å². The lowest BCUT2D eigenvalue weighted by Crippen LogP contribution is -2.33. The molecular weight excluding hydrogens is 282 g/mol. The quantitative estimate of drug-likeness (QED) is 0.880. The second-order valence-corrected chi connectivity index (χ2v) is 5.75. The molecule has 0 spiro atoms. The van der Waals surface area contributed by atoms with E-state index in [0.29, 0.717) is 24.2 Å². The van der Waals surface area contributed by atoms with Crippen molar-refractivity contribution in [3.05, 3.63) is 40.8 Å². The van der Waals surface area contributed by atoms with Crippen LogP contribution >= 0.6 is 0 Å². The van der Waals surface area contributed by atoms with Crippen molar-refractivity contribution in [3.63, 3.8) is 0 Å². The molecule has 6 nitrogen and oxygen atoms in total. The number of anilines is 1. The summed E-state index contributed by atoms with van der Waals surface area (Å²) in [6, 6.07) is 7.00. The minimum absolute atomic E-state index is 0.0879. The highest BCUT2D eigenvalue weighted by Crippen LogP contribution is 2.19. The molecule has 3 rings (SSSR count). The third-order valence-corrected chi connectivity index (χ3v) is 4.16. The Labute approximate surface area is 128 Å². The van der Waals surface area contributed by atoms with Gasteiger partial charge in [0.1, 0.15) is 0 Å². The summed E-state index contributed by atoms with van der Waals surface area (Å²) < 4.78 is 1.51. The number of aliphatic hydroxyl groups excluding tert-OH is 1. The Balaban J connectivity index is 1.81. The van der Waals surface area contributed by atoms with E-state index in [0.717, 1.165) is 11.8 Å². The van der Waals surface area contributed by atoms with Crippen LogP contribution in [0.2, 0.25) is 0 Å². The first-order chi connectivity index (χ1) is 10.6. The van der Waals surface area contributed by atoms with Crippen LogP contribution in [0.5, 0.6) is 0 Å². The number of urea groups is 1. The van der Waals surface area contributed by atoms with Gasteiger partial charge in [0.25, 0.3) is 5.56 Å². The highest BCUT2D eigenvalue weighted by molar-refractivity contribution is 5.93. The monoisotopic (exact) mass is 301 g/mol. The molecule has 1 aliphatic heterocycles. The van der Waals surface area contributed by atoms with Gasteiger partial charge in [-0.05, 0) is 30.0 Å². The second-order valence-electron chi connectivity index (χ2n) is 5.75. The van der Waals surface area contributed by atoms with Crippen molar-refractivity contribution in [1.82, 2.24) is 9.47 Å².